The smallest absolute Gasteiger partial charge is 0.0124 e. The summed E-state index contributed by atoms with van der Waals surface area (Å²) < 4.78 is 0. The second-order valence-corrected chi connectivity index (χ2v) is 5.64. The van der Waals surface area contributed by atoms with Crippen LogP contribution in [0.25, 0.3) is 0 Å². The molecule has 0 aromatic carbocycles. The normalized spacial score (nSPS) is 25.8. The van der Waals surface area contributed by atoms with Gasteiger partial charge < -0.3 is 5.32 Å². The standard InChI is InChI=1S/C10H21NS/c1-4-12-7-5-6-11-9-8-10(9,2)3/h9,11H,4-8H2,1-3H3. The number of hydrogen-bond donors (Lipinski definition) is 1. The molecule has 1 rings (SSSR count). The van der Waals surface area contributed by atoms with Crippen LogP contribution in [0.1, 0.15) is 33.6 Å². The first kappa shape index (κ1) is 10.4. The fraction of sp³-hybridized carbons (Fsp3) is 1.00. The Bertz CT molecular complexity index is 134. The predicted molar refractivity (Wildman–Crippen MR) is 57.8 cm³/mol. The van der Waals surface area contributed by atoms with Crippen LogP contribution in [0.2, 0.25) is 0 Å². The number of hydrogen-bond acceptors (Lipinski definition) is 2. The van der Waals surface area contributed by atoms with Crippen LogP contribution < -0.4 is 5.32 Å². The van der Waals surface area contributed by atoms with Gasteiger partial charge in [0.25, 0.3) is 0 Å². The molecule has 1 fully saturated rings. The molecule has 1 aliphatic rings. The van der Waals surface area contributed by atoms with Gasteiger partial charge in [-0.05, 0) is 36.3 Å². The van der Waals surface area contributed by atoms with Crippen LogP contribution in [-0.4, -0.2) is 24.1 Å². The van der Waals surface area contributed by atoms with Crippen LogP contribution in [0.15, 0.2) is 0 Å². The van der Waals surface area contributed by atoms with Crippen LogP contribution in [-0.2, 0) is 0 Å². The van der Waals surface area contributed by atoms with Crippen molar-refractivity contribution in [2.45, 2.75) is 39.7 Å². The highest BCUT2D eigenvalue weighted by atomic mass is 32.2. The molecule has 72 valence electrons. The molecule has 0 aromatic rings. The van der Waals surface area contributed by atoms with Gasteiger partial charge in [0.15, 0.2) is 0 Å². The summed E-state index contributed by atoms with van der Waals surface area (Å²) in [5.74, 6) is 2.57. The first-order valence-corrected chi connectivity index (χ1v) is 6.13. The van der Waals surface area contributed by atoms with E-state index >= 15 is 0 Å². The van der Waals surface area contributed by atoms with E-state index in [1.54, 1.807) is 0 Å². The molecule has 0 bridgehead atoms. The lowest BCUT2D eigenvalue weighted by Gasteiger charge is -2.05. The lowest BCUT2D eigenvalue weighted by molar-refractivity contribution is 0.542. The predicted octanol–water partition coefficient (Wildman–Crippen LogP) is 2.52. The van der Waals surface area contributed by atoms with E-state index in [0.29, 0.717) is 5.41 Å². The molecule has 1 N–H and O–H groups in total. The summed E-state index contributed by atoms with van der Waals surface area (Å²) in [7, 11) is 0. The van der Waals surface area contributed by atoms with Crippen molar-refractivity contribution in [3.8, 4) is 0 Å². The Hall–Kier alpha value is 0.310. The lowest BCUT2D eigenvalue weighted by Crippen LogP contribution is -2.22. The molecular weight excluding hydrogens is 166 g/mol. The van der Waals surface area contributed by atoms with Crippen LogP contribution >= 0.6 is 11.8 Å². The minimum atomic E-state index is 0.595. The van der Waals surface area contributed by atoms with E-state index in [4.69, 9.17) is 0 Å². The van der Waals surface area contributed by atoms with Gasteiger partial charge in [-0.25, -0.2) is 0 Å². The monoisotopic (exact) mass is 187 g/mol. The van der Waals surface area contributed by atoms with E-state index in [9.17, 15) is 0 Å². The Balaban J connectivity index is 1.85. The van der Waals surface area contributed by atoms with E-state index < -0.39 is 0 Å². The maximum absolute atomic E-state index is 3.59. The van der Waals surface area contributed by atoms with Crippen molar-refractivity contribution in [2.24, 2.45) is 5.41 Å². The Morgan fingerprint density at radius 1 is 1.50 bits per heavy atom. The zero-order valence-electron chi connectivity index (χ0n) is 8.52. The minimum Gasteiger partial charge on any atom is -0.313 e. The van der Waals surface area contributed by atoms with Gasteiger partial charge in [-0.2, -0.15) is 11.8 Å². The summed E-state index contributed by atoms with van der Waals surface area (Å²) in [5.41, 5.74) is 0.595. The van der Waals surface area contributed by atoms with Crippen LogP contribution in [0.5, 0.6) is 0 Å². The van der Waals surface area contributed by atoms with Gasteiger partial charge in [0.05, 0.1) is 0 Å². The fourth-order valence-corrected chi connectivity index (χ4v) is 2.05. The molecule has 0 amide bonds. The van der Waals surface area contributed by atoms with Crippen molar-refractivity contribution in [3.63, 3.8) is 0 Å². The topological polar surface area (TPSA) is 12.0 Å². The number of thioether (sulfide) groups is 1. The first-order valence-electron chi connectivity index (χ1n) is 4.98. The third kappa shape index (κ3) is 3.36. The molecule has 1 aliphatic carbocycles. The van der Waals surface area contributed by atoms with Crippen LogP contribution in [0.4, 0.5) is 0 Å². The SMILES string of the molecule is CCSCCCNC1CC1(C)C. The Morgan fingerprint density at radius 3 is 2.67 bits per heavy atom. The third-order valence-electron chi connectivity index (χ3n) is 2.57. The maximum atomic E-state index is 3.59. The average molecular weight is 187 g/mol. The van der Waals surface area contributed by atoms with Gasteiger partial charge in [0.1, 0.15) is 0 Å². The van der Waals surface area contributed by atoms with E-state index in [1.165, 1.54) is 30.9 Å². The molecule has 0 radical (unpaired) electrons. The van der Waals surface area contributed by atoms with Crippen molar-refractivity contribution in [3.05, 3.63) is 0 Å². The fourth-order valence-electron chi connectivity index (χ4n) is 1.41. The van der Waals surface area contributed by atoms with Gasteiger partial charge in [-0.1, -0.05) is 20.8 Å². The highest BCUT2D eigenvalue weighted by Gasteiger charge is 2.44. The summed E-state index contributed by atoms with van der Waals surface area (Å²) in [6.07, 6.45) is 2.69. The van der Waals surface area contributed by atoms with Gasteiger partial charge >= 0.3 is 0 Å². The molecule has 1 atom stereocenters. The van der Waals surface area contributed by atoms with Crippen molar-refractivity contribution >= 4 is 11.8 Å². The number of rotatable bonds is 6. The van der Waals surface area contributed by atoms with Crippen LogP contribution in [0, 0.1) is 5.41 Å². The van der Waals surface area contributed by atoms with E-state index in [1.807, 2.05) is 11.8 Å². The summed E-state index contributed by atoms with van der Waals surface area (Å²) in [6.45, 7) is 8.11. The lowest BCUT2D eigenvalue weighted by atomic mass is 10.2. The highest BCUT2D eigenvalue weighted by molar-refractivity contribution is 7.99. The van der Waals surface area contributed by atoms with Crippen molar-refractivity contribution in [1.29, 1.82) is 0 Å². The van der Waals surface area contributed by atoms with E-state index in [-0.39, 0.29) is 0 Å². The molecule has 1 nitrogen and oxygen atoms in total. The summed E-state index contributed by atoms with van der Waals surface area (Å²) in [6, 6.07) is 0.809. The molecule has 12 heavy (non-hydrogen) atoms. The Morgan fingerprint density at radius 2 is 2.17 bits per heavy atom. The molecule has 0 aromatic heterocycles. The molecule has 0 spiro atoms. The van der Waals surface area contributed by atoms with Crippen molar-refractivity contribution < 1.29 is 0 Å². The van der Waals surface area contributed by atoms with E-state index in [0.717, 1.165) is 6.04 Å². The molecule has 2 heteroatoms. The Kier molecular flexibility index (Phi) is 3.91. The second kappa shape index (κ2) is 4.52. The van der Waals surface area contributed by atoms with Crippen molar-refractivity contribution in [1.82, 2.24) is 5.32 Å². The van der Waals surface area contributed by atoms with Gasteiger partial charge in [0.2, 0.25) is 0 Å². The second-order valence-electron chi connectivity index (χ2n) is 4.25. The molecule has 1 saturated carbocycles. The first-order chi connectivity index (χ1) is 5.67. The quantitative estimate of drug-likeness (QED) is 0.641. The van der Waals surface area contributed by atoms with Crippen molar-refractivity contribution in [2.75, 3.05) is 18.1 Å². The Labute approximate surface area is 80.7 Å². The maximum Gasteiger partial charge on any atom is 0.0124 e. The third-order valence-corrected chi connectivity index (χ3v) is 3.56. The van der Waals surface area contributed by atoms with Gasteiger partial charge in [-0.3, -0.25) is 0 Å². The average Bonchev–Trinajstić information content (AvgIpc) is 2.59. The summed E-state index contributed by atoms with van der Waals surface area (Å²) in [5, 5.41) is 3.59. The largest absolute Gasteiger partial charge is 0.313 e. The molecule has 1 unspecified atom stereocenters. The number of nitrogens with one attached hydrogen (secondary N) is 1. The zero-order valence-corrected chi connectivity index (χ0v) is 9.34. The molecule has 0 aliphatic heterocycles. The molecular formula is C10H21NS. The summed E-state index contributed by atoms with van der Waals surface area (Å²) in [4.78, 5) is 0. The van der Waals surface area contributed by atoms with Gasteiger partial charge in [-0.15, -0.1) is 0 Å². The summed E-state index contributed by atoms with van der Waals surface area (Å²) >= 11 is 2.04. The molecule has 0 saturated heterocycles. The zero-order chi connectivity index (χ0) is 9.03. The highest BCUT2D eigenvalue weighted by Crippen LogP contribution is 2.44. The minimum absolute atomic E-state index is 0.595. The van der Waals surface area contributed by atoms with Crippen LogP contribution in [0.3, 0.4) is 0 Å². The molecule has 0 heterocycles. The van der Waals surface area contributed by atoms with Gasteiger partial charge in [0, 0.05) is 6.04 Å². The van der Waals surface area contributed by atoms with E-state index in [2.05, 4.69) is 26.1 Å².